The number of urea groups is 1. The van der Waals surface area contributed by atoms with Crippen molar-refractivity contribution in [3.63, 3.8) is 0 Å². The van der Waals surface area contributed by atoms with Gasteiger partial charge in [0.25, 0.3) is 0 Å². The Kier molecular flexibility index (Phi) is 5.12. The smallest absolute Gasteiger partial charge is 0.327 e. The van der Waals surface area contributed by atoms with Gasteiger partial charge in [0, 0.05) is 12.3 Å². The summed E-state index contributed by atoms with van der Waals surface area (Å²) in [5.41, 5.74) is 1.15. The number of carboxylic acids is 1. The van der Waals surface area contributed by atoms with E-state index in [0.717, 1.165) is 5.56 Å². The summed E-state index contributed by atoms with van der Waals surface area (Å²) in [4.78, 5) is 24.9. The molecule has 1 heterocycles. The molecule has 114 valence electrons. The first-order valence-electron chi connectivity index (χ1n) is 6.96. The first-order chi connectivity index (χ1) is 10.0. The van der Waals surface area contributed by atoms with Gasteiger partial charge < -0.3 is 10.4 Å². The number of benzene rings is 1. The molecule has 0 aromatic heterocycles. The molecule has 0 spiro atoms. The fourth-order valence-corrected chi connectivity index (χ4v) is 3.54. The lowest BCUT2D eigenvalue weighted by atomic mass is 10.0. The molecule has 1 aromatic rings. The second-order valence-electron chi connectivity index (χ2n) is 5.19. The predicted molar refractivity (Wildman–Crippen MR) is 83.4 cm³/mol. The number of carboxylic acid groups (broad SMARTS) is 1. The summed E-state index contributed by atoms with van der Waals surface area (Å²) >= 11 is 1.48. The number of rotatable bonds is 4. The fourth-order valence-electron chi connectivity index (χ4n) is 2.37. The van der Waals surface area contributed by atoms with Gasteiger partial charge in [0.1, 0.15) is 6.04 Å². The summed E-state index contributed by atoms with van der Waals surface area (Å²) in [6, 6.07) is 8.88. The number of amides is 2. The van der Waals surface area contributed by atoms with Crippen molar-refractivity contribution in [1.29, 1.82) is 0 Å². The molecule has 1 aromatic carbocycles. The van der Waals surface area contributed by atoms with Crippen LogP contribution in [-0.4, -0.2) is 45.7 Å². The third-order valence-corrected chi connectivity index (χ3v) is 4.89. The number of hydrogen-bond donors (Lipinski definition) is 2. The SMILES string of the molecule is CC(CNC(=O)N1C(C)SCC1C(=O)O)c1ccccc1. The van der Waals surface area contributed by atoms with Crippen LogP contribution in [0, 0.1) is 0 Å². The van der Waals surface area contributed by atoms with Crippen molar-refractivity contribution in [3.8, 4) is 0 Å². The minimum absolute atomic E-state index is 0.113. The fraction of sp³-hybridized carbons (Fsp3) is 0.467. The Morgan fingerprint density at radius 3 is 2.71 bits per heavy atom. The van der Waals surface area contributed by atoms with Crippen LogP contribution in [0.3, 0.4) is 0 Å². The van der Waals surface area contributed by atoms with Crippen molar-refractivity contribution >= 4 is 23.8 Å². The quantitative estimate of drug-likeness (QED) is 0.896. The molecule has 2 rings (SSSR count). The standard InChI is InChI=1S/C15H20N2O3S/c1-10(12-6-4-3-5-7-12)8-16-15(20)17-11(2)21-9-13(17)14(18)19/h3-7,10-11,13H,8-9H2,1-2H3,(H,16,20)(H,18,19). The number of nitrogens with one attached hydrogen (secondary N) is 1. The number of carbonyl (C=O) groups excluding carboxylic acids is 1. The molecule has 0 aliphatic carbocycles. The zero-order chi connectivity index (χ0) is 15.4. The van der Waals surface area contributed by atoms with Crippen molar-refractivity contribution in [2.24, 2.45) is 0 Å². The molecular weight excluding hydrogens is 288 g/mol. The lowest BCUT2D eigenvalue weighted by molar-refractivity contribution is -0.141. The van der Waals surface area contributed by atoms with Crippen LogP contribution in [0.5, 0.6) is 0 Å². The number of nitrogens with zero attached hydrogens (tertiary/aromatic N) is 1. The summed E-state index contributed by atoms with van der Waals surface area (Å²) in [6.07, 6.45) is 0. The topological polar surface area (TPSA) is 69.6 Å². The highest BCUT2D eigenvalue weighted by Gasteiger charge is 2.39. The van der Waals surface area contributed by atoms with E-state index < -0.39 is 12.0 Å². The molecule has 3 unspecified atom stereocenters. The minimum atomic E-state index is -0.946. The molecule has 6 heteroatoms. The van der Waals surface area contributed by atoms with E-state index in [4.69, 9.17) is 0 Å². The molecule has 2 N–H and O–H groups in total. The summed E-state index contributed by atoms with van der Waals surface area (Å²) < 4.78 is 0. The van der Waals surface area contributed by atoms with E-state index in [1.54, 1.807) is 0 Å². The van der Waals surface area contributed by atoms with E-state index in [2.05, 4.69) is 5.32 Å². The maximum absolute atomic E-state index is 12.2. The lowest BCUT2D eigenvalue weighted by Gasteiger charge is -2.26. The van der Waals surface area contributed by atoms with E-state index >= 15 is 0 Å². The molecule has 1 fully saturated rings. The summed E-state index contributed by atoms with van der Waals surface area (Å²) in [5, 5.41) is 11.9. The highest BCUT2D eigenvalue weighted by atomic mass is 32.2. The van der Waals surface area contributed by atoms with Crippen LogP contribution in [0.2, 0.25) is 0 Å². The van der Waals surface area contributed by atoms with Crippen LogP contribution in [0.15, 0.2) is 30.3 Å². The summed E-state index contributed by atoms with van der Waals surface area (Å²) in [6.45, 7) is 4.38. The normalized spacial score (nSPS) is 22.9. The van der Waals surface area contributed by atoms with Gasteiger partial charge in [-0.3, -0.25) is 4.90 Å². The third-order valence-electron chi connectivity index (χ3n) is 3.67. The van der Waals surface area contributed by atoms with E-state index in [0.29, 0.717) is 12.3 Å². The first kappa shape index (κ1) is 15.7. The van der Waals surface area contributed by atoms with Crippen molar-refractivity contribution in [2.45, 2.75) is 31.2 Å². The average Bonchev–Trinajstić information content (AvgIpc) is 2.87. The number of aliphatic carboxylic acids is 1. The van der Waals surface area contributed by atoms with E-state index in [9.17, 15) is 14.7 Å². The molecule has 1 saturated heterocycles. The van der Waals surface area contributed by atoms with Gasteiger partial charge in [0.15, 0.2) is 0 Å². The number of hydrogen-bond acceptors (Lipinski definition) is 3. The van der Waals surface area contributed by atoms with Gasteiger partial charge >= 0.3 is 12.0 Å². The Labute approximate surface area is 128 Å². The van der Waals surface area contributed by atoms with Crippen LogP contribution in [0.4, 0.5) is 4.79 Å². The Bertz CT molecular complexity index is 509. The van der Waals surface area contributed by atoms with Gasteiger partial charge in [0.05, 0.1) is 5.37 Å². The van der Waals surface area contributed by atoms with Crippen molar-refractivity contribution in [3.05, 3.63) is 35.9 Å². The van der Waals surface area contributed by atoms with Crippen molar-refractivity contribution in [1.82, 2.24) is 10.2 Å². The monoisotopic (exact) mass is 308 g/mol. The third kappa shape index (κ3) is 3.69. The van der Waals surface area contributed by atoms with Crippen molar-refractivity contribution in [2.75, 3.05) is 12.3 Å². The van der Waals surface area contributed by atoms with Crippen LogP contribution in [-0.2, 0) is 4.79 Å². The van der Waals surface area contributed by atoms with Gasteiger partial charge in [-0.25, -0.2) is 9.59 Å². The molecule has 3 atom stereocenters. The zero-order valence-corrected chi connectivity index (χ0v) is 13.0. The summed E-state index contributed by atoms with van der Waals surface area (Å²) in [7, 11) is 0. The second-order valence-corrected chi connectivity index (χ2v) is 6.54. The average molecular weight is 308 g/mol. The molecule has 0 radical (unpaired) electrons. The highest BCUT2D eigenvalue weighted by molar-refractivity contribution is 8.00. The predicted octanol–water partition coefficient (Wildman–Crippen LogP) is 2.35. The van der Waals surface area contributed by atoms with E-state index in [1.165, 1.54) is 16.7 Å². The van der Waals surface area contributed by atoms with Crippen LogP contribution in [0.1, 0.15) is 25.3 Å². The molecule has 1 aliphatic heterocycles. The Morgan fingerprint density at radius 1 is 1.43 bits per heavy atom. The molecule has 0 bridgehead atoms. The van der Waals surface area contributed by atoms with Crippen LogP contribution in [0.25, 0.3) is 0 Å². The van der Waals surface area contributed by atoms with Gasteiger partial charge in [-0.1, -0.05) is 37.3 Å². The Balaban J connectivity index is 1.93. The van der Waals surface area contributed by atoms with Gasteiger partial charge in [-0.2, -0.15) is 0 Å². The van der Waals surface area contributed by atoms with E-state index in [1.807, 2.05) is 44.2 Å². The minimum Gasteiger partial charge on any atom is -0.480 e. The Morgan fingerprint density at radius 2 is 2.10 bits per heavy atom. The van der Waals surface area contributed by atoms with Crippen LogP contribution >= 0.6 is 11.8 Å². The first-order valence-corrected chi connectivity index (χ1v) is 8.01. The summed E-state index contributed by atoms with van der Waals surface area (Å²) in [5.74, 6) is -0.319. The molecule has 0 saturated carbocycles. The van der Waals surface area contributed by atoms with Crippen LogP contribution < -0.4 is 5.32 Å². The highest BCUT2D eigenvalue weighted by Crippen LogP contribution is 2.28. The second kappa shape index (κ2) is 6.85. The number of carbonyl (C=O) groups is 2. The van der Waals surface area contributed by atoms with Crippen molar-refractivity contribution < 1.29 is 14.7 Å². The number of thioether (sulfide) groups is 1. The van der Waals surface area contributed by atoms with Gasteiger partial charge in [-0.05, 0) is 18.4 Å². The van der Waals surface area contributed by atoms with E-state index in [-0.39, 0.29) is 17.3 Å². The van der Waals surface area contributed by atoms with Gasteiger partial charge in [0.2, 0.25) is 0 Å². The Hall–Kier alpha value is -1.69. The molecule has 1 aliphatic rings. The van der Waals surface area contributed by atoms with Gasteiger partial charge in [-0.15, -0.1) is 11.8 Å². The molecule has 5 nitrogen and oxygen atoms in total. The maximum atomic E-state index is 12.2. The molecule has 21 heavy (non-hydrogen) atoms. The molecule has 2 amide bonds. The molecular formula is C15H20N2O3S. The zero-order valence-electron chi connectivity index (χ0n) is 12.2. The largest absolute Gasteiger partial charge is 0.480 e. The maximum Gasteiger partial charge on any atom is 0.327 e. The lowest BCUT2D eigenvalue weighted by Crippen LogP contribution is -2.50.